The molecule has 25 heavy (non-hydrogen) atoms. The zero-order valence-corrected chi connectivity index (χ0v) is 14.4. The number of pyridine rings is 1. The van der Waals surface area contributed by atoms with E-state index in [9.17, 15) is 8.28 Å². The van der Waals surface area contributed by atoms with E-state index in [4.69, 9.17) is 0 Å². The van der Waals surface area contributed by atoms with Crippen LogP contribution in [0.15, 0.2) is 55.1 Å². The third-order valence-corrected chi connectivity index (χ3v) is 3.81. The average molecular weight is 359 g/mol. The maximum atomic E-state index is 13.1. The summed E-state index contributed by atoms with van der Waals surface area (Å²) in [5.74, 6) is -0.333. The van der Waals surface area contributed by atoms with Crippen molar-refractivity contribution >= 4 is 18.0 Å². The van der Waals surface area contributed by atoms with Crippen LogP contribution in [0.3, 0.4) is 0 Å². The van der Waals surface area contributed by atoms with Gasteiger partial charge >= 0.3 is 0 Å². The first-order valence-corrected chi connectivity index (χ1v) is 8.36. The summed E-state index contributed by atoms with van der Waals surface area (Å²) in [7, 11) is 0. The van der Waals surface area contributed by atoms with Crippen molar-refractivity contribution in [2.75, 3.05) is 0 Å². The van der Waals surface area contributed by atoms with Gasteiger partial charge in [0.05, 0.1) is 0 Å². The van der Waals surface area contributed by atoms with Crippen molar-refractivity contribution in [2.45, 2.75) is 13.8 Å². The molecule has 0 aliphatic heterocycles. The lowest BCUT2D eigenvalue weighted by Crippen LogP contribution is -1.87. The molecule has 0 atom stereocenters. The van der Waals surface area contributed by atoms with Crippen LogP contribution >= 0.6 is 12.3 Å². The van der Waals surface area contributed by atoms with Gasteiger partial charge in [0, 0.05) is 29.1 Å². The third-order valence-electron chi connectivity index (χ3n) is 3.48. The summed E-state index contributed by atoms with van der Waals surface area (Å²) in [4.78, 5) is 0. The molecule has 0 saturated heterocycles. The third kappa shape index (κ3) is 3.39. The van der Waals surface area contributed by atoms with E-state index < -0.39 is 0 Å². The van der Waals surface area contributed by atoms with Gasteiger partial charge < -0.3 is 0 Å². The van der Waals surface area contributed by atoms with Gasteiger partial charge in [-0.3, -0.25) is 4.40 Å². The molecule has 0 N–H and O–H groups in total. The van der Waals surface area contributed by atoms with Crippen molar-refractivity contribution < 1.29 is 8.28 Å². The maximum Gasteiger partial charge on any atom is 0.187 e. The second-order valence-electron chi connectivity index (χ2n) is 4.88. The Morgan fingerprint density at radius 2 is 1.68 bits per heavy atom. The van der Waals surface area contributed by atoms with Gasteiger partial charge in [-0.25, -0.2) is 4.39 Å². The van der Waals surface area contributed by atoms with Gasteiger partial charge in [0.1, 0.15) is 17.8 Å². The topological polar surface area (TPSA) is 48.0 Å². The molecular formula is C17H15F2N5S. The fourth-order valence-electron chi connectivity index (χ4n) is 2.41. The van der Waals surface area contributed by atoms with Crippen molar-refractivity contribution in [3.8, 4) is 22.4 Å². The molecule has 0 radical (unpaired) electrons. The lowest BCUT2D eigenvalue weighted by molar-refractivity contribution is 0.628. The Labute approximate surface area is 147 Å². The molecule has 0 aliphatic carbocycles. The van der Waals surface area contributed by atoms with E-state index in [0.29, 0.717) is 16.9 Å². The van der Waals surface area contributed by atoms with E-state index in [1.807, 2.05) is 32.2 Å². The van der Waals surface area contributed by atoms with Gasteiger partial charge in [0.2, 0.25) is 0 Å². The molecule has 1 aromatic carbocycles. The Kier molecular flexibility index (Phi) is 5.08. The van der Waals surface area contributed by atoms with Crippen LogP contribution < -0.4 is 0 Å². The van der Waals surface area contributed by atoms with E-state index in [2.05, 4.69) is 15.3 Å². The second kappa shape index (κ2) is 7.43. The van der Waals surface area contributed by atoms with E-state index in [0.717, 1.165) is 15.2 Å². The van der Waals surface area contributed by atoms with Crippen LogP contribution in [-0.2, 0) is 0 Å². The van der Waals surface area contributed by atoms with Crippen molar-refractivity contribution in [2.24, 2.45) is 0 Å². The van der Waals surface area contributed by atoms with Gasteiger partial charge in [-0.1, -0.05) is 13.8 Å². The number of rotatable bonds is 3. The van der Waals surface area contributed by atoms with E-state index >= 15 is 0 Å². The van der Waals surface area contributed by atoms with Crippen LogP contribution in [0, 0.1) is 5.82 Å². The number of benzene rings is 1. The normalized spacial score (nSPS) is 10.6. The molecule has 8 heteroatoms. The fraction of sp³-hybridized carbons (Fsp3) is 0.118. The zero-order chi connectivity index (χ0) is 17.8. The van der Waals surface area contributed by atoms with Crippen LogP contribution in [0.25, 0.3) is 28.0 Å². The first-order chi connectivity index (χ1) is 12.2. The number of hydrogen-bond donors (Lipinski definition) is 0. The SMILES string of the molecule is CC.FSn1cc(-c2ccc3nncn3c2)c(-c2ccc(F)cc2)n1. The molecule has 128 valence electrons. The molecule has 0 spiro atoms. The van der Waals surface area contributed by atoms with Crippen LogP contribution in [0.1, 0.15) is 13.8 Å². The summed E-state index contributed by atoms with van der Waals surface area (Å²) in [6, 6.07) is 9.61. The molecule has 3 aromatic heterocycles. The largest absolute Gasteiger partial charge is 0.288 e. The molecule has 0 unspecified atom stereocenters. The van der Waals surface area contributed by atoms with Crippen molar-refractivity contribution in [3.05, 3.63) is 60.9 Å². The highest BCUT2D eigenvalue weighted by atomic mass is 32.2. The quantitative estimate of drug-likeness (QED) is 0.527. The maximum absolute atomic E-state index is 13.1. The summed E-state index contributed by atoms with van der Waals surface area (Å²) in [5.41, 5.74) is 3.55. The first-order valence-electron chi connectivity index (χ1n) is 7.69. The minimum atomic E-state index is -0.333. The van der Waals surface area contributed by atoms with E-state index in [-0.39, 0.29) is 18.2 Å². The fourth-order valence-corrected chi connectivity index (χ4v) is 2.67. The van der Waals surface area contributed by atoms with E-state index in [1.54, 1.807) is 29.1 Å². The molecule has 0 saturated carbocycles. The van der Waals surface area contributed by atoms with Crippen molar-refractivity contribution in [1.29, 1.82) is 0 Å². The second-order valence-corrected chi connectivity index (χ2v) is 5.40. The minimum absolute atomic E-state index is 0.00156. The molecule has 0 amide bonds. The molecule has 5 nitrogen and oxygen atoms in total. The van der Waals surface area contributed by atoms with Crippen LogP contribution in [-0.4, -0.2) is 23.8 Å². The summed E-state index contributed by atoms with van der Waals surface area (Å²) < 4.78 is 29.0. The number of fused-ring (bicyclic) bond motifs is 1. The predicted molar refractivity (Wildman–Crippen MR) is 95.0 cm³/mol. The number of nitrogens with zero attached hydrogens (tertiary/aromatic N) is 5. The lowest BCUT2D eigenvalue weighted by Gasteiger charge is -2.03. The van der Waals surface area contributed by atoms with Crippen molar-refractivity contribution in [3.63, 3.8) is 0 Å². The highest BCUT2D eigenvalue weighted by Gasteiger charge is 2.14. The summed E-state index contributed by atoms with van der Waals surface area (Å²) in [6.07, 6.45) is 5.02. The first kappa shape index (κ1) is 17.1. The molecule has 4 aromatic rings. The van der Waals surface area contributed by atoms with Gasteiger partial charge in [-0.15, -0.1) is 14.1 Å². The average Bonchev–Trinajstić information content (AvgIpc) is 3.30. The predicted octanol–water partition coefficient (Wildman–Crippen LogP) is 4.81. The summed E-state index contributed by atoms with van der Waals surface area (Å²) >= 11 is 0.00156. The van der Waals surface area contributed by atoms with Crippen LogP contribution in [0.5, 0.6) is 0 Å². The van der Waals surface area contributed by atoms with E-state index in [1.165, 1.54) is 12.1 Å². The molecule has 0 bridgehead atoms. The Hall–Kier alpha value is -2.74. The van der Waals surface area contributed by atoms with Gasteiger partial charge in [-0.05, 0) is 36.4 Å². The Bertz CT molecular complexity index is 978. The standard InChI is InChI=1S/C15H9F2N5S.C2H6/c16-12-4-1-10(2-5-12)15-13(8-22(20-15)23-17)11-3-6-14-19-18-9-21(14)7-11;1-2/h1-9H;1-2H3. The Morgan fingerprint density at radius 1 is 0.960 bits per heavy atom. The Balaban J connectivity index is 0.000000880. The van der Waals surface area contributed by atoms with Gasteiger partial charge in [0.25, 0.3) is 0 Å². The number of halogens is 2. The van der Waals surface area contributed by atoms with Crippen molar-refractivity contribution in [1.82, 2.24) is 23.8 Å². The zero-order valence-electron chi connectivity index (χ0n) is 13.6. The monoisotopic (exact) mass is 359 g/mol. The highest BCUT2D eigenvalue weighted by Crippen LogP contribution is 2.32. The lowest BCUT2D eigenvalue weighted by atomic mass is 10.0. The smallest absolute Gasteiger partial charge is 0.187 e. The van der Waals surface area contributed by atoms with Gasteiger partial charge in [-0.2, -0.15) is 9.19 Å². The van der Waals surface area contributed by atoms with Gasteiger partial charge in [0.15, 0.2) is 18.0 Å². The summed E-state index contributed by atoms with van der Waals surface area (Å²) in [6.45, 7) is 4.00. The molecule has 4 rings (SSSR count). The summed E-state index contributed by atoms with van der Waals surface area (Å²) in [5, 5.41) is 12.0. The minimum Gasteiger partial charge on any atom is -0.288 e. The van der Waals surface area contributed by atoms with Crippen LogP contribution in [0.4, 0.5) is 8.28 Å². The number of aromatic nitrogens is 5. The molecule has 0 fully saturated rings. The van der Waals surface area contributed by atoms with Crippen LogP contribution in [0.2, 0.25) is 0 Å². The Morgan fingerprint density at radius 3 is 2.40 bits per heavy atom. The molecule has 0 aliphatic rings. The number of hydrogen-bond acceptors (Lipinski definition) is 4. The molecule has 3 heterocycles. The highest BCUT2D eigenvalue weighted by molar-refractivity contribution is 7.92. The molecular weight excluding hydrogens is 344 g/mol.